The Morgan fingerprint density at radius 3 is 2.35 bits per heavy atom. The molecular formula is C25H30N4O5. The third-order valence-corrected chi connectivity index (χ3v) is 4.83. The van der Waals surface area contributed by atoms with Crippen LogP contribution in [-0.2, 0) is 14.3 Å². The molecule has 0 aliphatic rings. The summed E-state index contributed by atoms with van der Waals surface area (Å²) in [6, 6.07) is 10.4. The minimum Gasteiger partial charge on any atom is -0.494 e. The van der Waals surface area contributed by atoms with E-state index in [1.807, 2.05) is 61.7 Å². The highest BCUT2D eigenvalue weighted by Crippen LogP contribution is 2.24. The third-order valence-electron chi connectivity index (χ3n) is 4.83. The molecule has 0 spiro atoms. The monoisotopic (exact) mass is 466 g/mol. The van der Waals surface area contributed by atoms with Crippen molar-refractivity contribution in [3.63, 3.8) is 0 Å². The van der Waals surface area contributed by atoms with Crippen LogP contribution in [0.15, 0.2) is 35.9 Å². The van der Waals surface area contributed by atoms with E-state index >= 15 is 0 Å². The number of aryl methyl sites for hydroxylation is 1. The zero-order chi connectivity index (χ0) is 25.4. The molecular weight excluding hydrogens is 436 g/mol. The van der Waals surface area contributed by atoms with Crippen LogP contribution in [0.3, 0.4) is 0 Å². The maximum Gasteiger partial charge on any atom is 0.349 e. The quantitative estimate of drug-likeness (QED) is 0.348. The molecule has 0 fully saturated rings. The summed E-state index contributed by atoms with van der Waals surface area (Å²) in [6.45, 7) is 11.1. The van der Waals surface area contributed by atoms with E-state index in [0.29, 0.717) is 12.2 Å². The van der Waals surface area contributed by atoms with Gasteiger partial charge in [-0.25, -0.2) is 9.59 Å². The summed E-state index contributed by atoms with van der Waals surface area (Å²) in [5.74, 6) is -0.985. The Labute approximate surface area is 199 Å². The Bertz CT molecular complexity index is 1120. The van der Waals surface area contributed by atoms with Gasteiger partial charge in [0.2, 0.25) is 0 Å². The second kappa shape index (κ2) is 11.7. The summed E-state index contributed by atoms with van der Waals surface area (Å²) in [6.07, 6.45) is 0.157. The number of hydrogen-bond donors (Lipinski definition) is 2. The van der Waals surface area contributed by atoms with Crippen LogP contribution in [0.5, 0.6) is 5.75 Å². The minimum absolute atomic E-state index is 0.166. The van der Waals surface area contributed by atoms with Crippen molar-refractivity contribution < 1.29 is 23.9 Å². The van der Waals surface area contributed by atoms with E-state index in [1.165, 1.54) is 13.0 Å². The average molecular weight is 467 g/mol. The lowest BCUT2D eigenvalue weighted by atomic mass is 10.1. The number of carbonyl (C=O) groups is 3. The maximum absolute atomic E-state index is 12.5. The van der Waals surface area contributed by atoms with Crippen molar-refractivity contribution in [1.29, 1.82) is 5.26 Å². The summed E-state index contributed by atoms with van der Waals surface area (Å²) in [4.78, 5) is 36.3. The van der Waals surface area contributed by atoms with E-state index in [9.17, 15) is 19.6 Å². The third kappa shape index (κ3) is 6.72. The molecule has 0 radical (unpaired) electrons. The molecule has 34 heavy (non-hydrogen) atoms. The summed E-state index contributed by atoms with van der Waals surface area (Å²) in [5, 5.41) is 14.1. The summed E-state index contributed by atoms with van der Waals surface area (Å²) in [5.41, 5.74) is 3.02. The molecule has 1 aromatic carbocycles. The molecule has 2 rings (SSSR count). The number of hydrogen-bond acceptors (Lipinski definition) is 6. The highest BCUT2D eigenvalue weighted by Gasteiger charge is 2.23. The Hall–Kier alpha value is -4.06. The minimum atomic E-state index is -1.27. The van der Waals surface area contributed by atoms with Crippen LogP contribution >= 0.6 is 0 Å². The van der Waals surface area contributed by atoms with Gasteiger partial charge in [-0.2, -0.15) is 5.26 Å². The summed E-state index contributed by atoms with van der Waals surface area (Å²) in [7, 11) is 0. The molecule has 1 unspecified atom stereocenters. The van der Waals surface area contributed by atoms with E-state index in [2.05, 4.69) is 10.6 Å². The van der Waals surface area contributed by atoms with Gasteiger partial charge in [-0.3, -0.25) is 10.1 Å². The number of imide groups is 1. The largest absolute Gasteiger partial charge is 0.494 e. The van der Waals surface area contributed by atoms with Gasteiger partial charge >= 0.3 is 12.0 Å². The lowest BCUT2D eigenvalue weighted by molar-refractivity contribution is -0.150. The van der Waals surface area contributed by atoms with Gasteiger partial charge in [0, 0.05) is 23.1 Å². The van der Waals surface area contributed by atoms with Gasteiger partial charge in [0.05, 0.1) is 6.61 Å². The number of rotatable bonds is 8. The molecule has 3 amide bonds. The number of urea groups is 1. The van der Waals surface area contributed by atoms with Crippen molar-refractivity contribution >= 4 is 24.0 Å². The van der Waals surface area contributed by atoms with Gasteiger partial charge in [-0.1, -0.05) is 0 Å². The number of amides is 3. The summed E-state index contributed by atoms with van der Waals surface area (Å²) < 4.78 is 12.6. The molecule has 2 aromatic rings. The number of ether oxygens (including phenoxy) is 2. The van der Waals surface area contributed by atoms with E-state index in [-0.39, 0.29) is 11.6 Å². The van der Waals surface area contributed by atoms with Crippen molar-refractivity contribution in [1.82, 2.24) is 15.2 Å². The molecule has 9 nitrogen and oxygen atoms in total. The summed E-state index contributed by atoms with van der Waals surface area (Å²) >= 11 is 0. The van der Waals surface area contributed by atoms with Gasteiger partial charge < -0.3 is 19.4 Å². The lowest BCUT2D eigenvalue weighted by Crippen LogP contribution is -2.46. The number of nitrogens with zero attached hydrogens (tertiary/aromatic N) is 2. The lowest BCUT2D eigenvalue weighted by Gasteiger charge is -2.14. The van der Waals surface area contributed by atoms with Gasteiger partial charge in [0.1, 0.15) is 17.4 Å². The van der Waals surface area contributed by atoms with Crippen LogP contribution in [0.2, 0.25) is 0 Å². The Morgan fingerprint density at radius 2 is 1.79 bits per heavy atom. The van der Waals surface area contributed by atoms with Crippen LogP contribution in [-0.4, -0.2) is 41.2 Å². The van der Waals surface area contributed by atoms with Gasteiger partial charge in [-0.05, 0) is 83.5 Å². The fraction of sp³-hybridized carbons (Fsp3) is 0.360. The van der Waals surface area contributed by atoms with Crippen molar-refractivity contribution in [2.45, 2.75) is 53.7 Å². The fourth-order valence-electron chi connectivity index (χ4n) is 3.27. The molecule has 0 aliphatic carbocycles. The number of benzene rings is 1. The fourth-order valence-corrected chi connectivity index (χ4v) is 3.27. The van der Waals surface area contributed by atoms with Crippen LogP contribution in [0.4, 0.5) is 4.79 Å². The van der Waals surface area contributed by atoms with Gasteiger partial charge in [-0.15, -0.1) is 0 Å². The van der Waals surface area contributed by atoms with Crippen molar-refractivity contribution in [3.05, 3.63) is 52.9 Å². The van der Waals surface area contributed by atoms with Crippen LogP contribution < -0.4 is 15.4 Å². The number of aromatic nitrogens is 1. The molecule has 9 heteroatoms. The van der Waals surface area contributed by atoms with Crippen LogP contribution in [0.1, 0.15) is 44.6 Å². The molecule has 0 saturated carbocycles. The molecule has 1 aromatic heterocycles. The second-order valence-corrected chi connectivity index (χ2v) is 7.92. The zero-order valence-corrected chi connectivity index (χ0v) is 20.3. The standard InChI is InChI=1S/C25H30N4O5/c1-7-33-22-10-8-21(9-11-22)29-16(4)12-19(17(29)5)13-20(14-26)24(31)34-18(6)23(30)28-25(32)27-15(2)3/h8-13,15,18H,7H2,1-6H3,(H2,27,28,30,32)/b20-13+. The number of nitrogens with one attached hydrogen (secondary N) is 2. The SMILES string of the molecule is CCOc1ccc(-n2c(C)cc(/C=C(\C#N)C(=O)OC(C)C(=O)NC(=O)NC(C)C)c2C)cc1. The Kier molecular flexibility index (Phi) is 9.01. The van der Waals surface area contributed by atoms with Crippen molar-refractivity contribution in [2.24, 2.45) is 0 Å². The Morgan fingerprint density at radius 1 is 1.15 bits per heavy atom. The predicted molar refractivity (Wildman–Crippen MR) is 127 cm³/mol. The molecule has 1 atom stereocenters. The van der Waals surface area contributed by atoms with E-state index in [4.69, 9.17) is 9.47 Å². The highest BCUT2D eigenvalue weighted by atomic mass is 16.5. The molecule has 2 N–H and O–H groups in total. The van der Waals surface area contributed by atoms with E-state index in [1.54, 1.807) is 13.8 Å². The number of nitriles is 1. The first-order valence-electron chi connectivity index (χ1n) is 10.9. The highest BCUT2D eigenvalue weighted by molar-refractivity contribution is 6.01. The maximum atomic E-state index is 12.5. The molecule has 0 bridgehead atoms. The molecule has 0 aliphatic heterocycles. The smallest absolute Gasteiger partial charge is 0.349 e. The topological polar surface area (TPSA) is 122 Å². The first-order chi connectivity index (χ1) is 16.1. The normalized spacial score (nSPS) is 12.0. The first kappa shape index (κ1) is 26.2. The molecule has 1 heterocycles. The van der Waals surface area contributed by atoms with Gasteiger partial charge in [0.25, 0.3) is 5.91 Å². The van der Waals surface area contributed by atoms with E-state index in [0.717, 1.165) is 22.8 Å². The first-order valence-corrected chi connectivity index (χ1v) is 10.9. The number of esters is 1. The molecule has 0 saturated heterocycles. The predicted octanol–water partition coefficient (Wildman–Crippen LogP) is 3.57. The zero-order valence-electron chi connectivity index (χ0n) is 20.3. The van der Waals surface area contributed by atoms with Crippen LogP contribution in [0, 0.1) is 25.2 Å². The molecule has 180 valence electrons. The van der Waals surface area contributed by atoms with Gasteiger partial charge in [0.15, 0.2) is 6.10 Å². The van der Waals surface area contributed by atoms with E-state index < -0.39 is 24.0 Å². The van der Waals surface area contributed by atoms with Crippen molar-refractivity contribution in [3.8, 4) is 17.5 Å². The van der Waals surface area contributed by atoms with Crippen molar-refractivity contribution in [2.75, 3.05) is 6.61 Å². The second-order valence-electron chi connectivity index (χ2n) is 7.92. The van der Waals surface area contributed by atoms with Crippen LogP contribution in [0.25, 0.3) is 11.8 Å². The Balaban J connectivity index is 2.19. The number of carbonyl (C=O) groups excluding carboxylic acids is 3. The average Bonchev–Trinajstić information content (AvgIpc) is 3.04.